The summed E-state index contributed by atoms with van der Waals surface area (Å²) in [5.41, 5.74) is 4.42. The van der Waals surface area contributed by atoms with E-state index in [0.29, 0.717) is 12.0 Å². The third-order valence-electron chi connectivity index (χ3n) is 4.79. The molecule has 20 heavy (non-hydrogen) atoms. The predicted molar refractivity (Wildman–Crippen MR) is 79.7 cm³/mol. The number of rotatable bonds is 3. The van der Waals surface area contributed by atoms with E-state index < -0.39 is 0 Å². The SMILES string of the molecule is c1ccc2c(c1)CC2Cn1cncc1C1CCCCN1. The fourth-order valence-electron chi connectivity index (χ4n) is 3.64. The largest absolute Gasteiger partial charge is 0.333 e. The van der Waals surface area contributed by atoms with Gasteiger partial charge in [0.25, 0.3) is 0 Å². The summed E-state index contributed by atoms with van der Waals surface area (Å²) < 4.78 is 2.36. The van der Waals surface area contributed by atoms with Crippen molar-refractivity contribution in [3.05, 3.63) is 53.6 Å². The molecule has 104 valence electrons. The van der Waals surface area contributed by atoms with E-state index in [1.807, 2.05) is 12.5 Å². The lowest BCUT2D eigenvalue weighted by molar-refractivity contribution is 0.384. The molecule has 1 saturated heterocycles. The summed E-state index contributed by atoms with van der Waals surface area (Å²) in [5, 5.41) is 3.63. The van der Waals surface area contributed by atoms with Crippen molar-refractivity contribution >= 4 is 0 Å². The standard InChI is InChI=1S/C17H21N3/c1-2-6-15-13(5-1)9-14(15)11-20-12-18-10-17(20)16-7-3-4-8-19-16/h1-2,5-6,10,12,14,16,19H,3-4,7-9,11H2. The summed E-state index contributed by atoms with van der Waals surface area (Å²) in [4.78, 5) is 4.39. The van der Waals surface area contributed by atoms with Crippen molar-refractivity contribution in [1.29, 1.82) is 0 Å². The van der Waals surface area contributed by atoms with E-state index in [9.17, 15) is 0 Å². The Labute approximate surface area is 120 Å². The van der Waals surface area contributed by atoms with Crippen LogP contribution in [0.25, 0.3) is 0 Å². The molecule has 3 heteroatoms. The normalized spacial score (nSPS) is 25.0. The van der Waals surface area contributed by atoms with E-state index in [1.54, 1.807) is 0 Å². The minimum absolute atomic E-state index is 0.501. The molecule has 1 N–H and O–H groups in total. The molecular weight excluding hydrogens is 246 g/mol. The van der Waals surface area contributed by atoms with Crippen LogP contribution in [0.5, 0.6) is 0 Å². The van der Waals surface area contributed by atoms with E-state index >= 15 is 0 Å². The van der Waals surface area contributed by atoms with Gasteiger partial charge in [0.05, 0.1) is 12.0 Å². The van der Waals surface area contributed by atoms with E-state index in [2.05, 4.69) is 39.1 Å². The summed E-state index contributed by atoms with van der Waals surface area (Å²) in [7, 11) is 0. The number of benzene rings is 1. The van der Waals surface area contributed by atoms with Crippen LogP contribution in [-0.2, 0) is 13.0 Å². The average molecular weight is 267 g/mol. The third kappa shape index (κ3) is 2.06. The number of fused-ring (bicyclic) bond motifs is 1. The number of nitrogens with one attached hydrogen (secondary N) is 1. The maximum Gasteiger partial charge on any atom is 0.0948 e. The molecule has 1 aromatic carbocycles. The van der Waals surface area contributed by atoms with Gasteiger partial charge in [0.2, 0.25) is 0 Å². The molecule has 0 radical (unpaired) electrons. The molecule has 2 unspecified atom stereocenters. The van der Waals surface area contributed by atoms with E-state index in [0.717, 1.165) is 13.1 Å². The molecule has 2 atom stereocenters. The fourth-order valence-corrected chi connectivity index (χ4v) is 3.64. The molecule has 0 bridgehead atoms. The molecule has 1 aliphatic carbocycles. The highest BCUT2D eigenvalue weighted by Gasteiger charge is 2.27. The molecule has 1 fully saturated rings. The molecule has 3 nitrogen and oxygen atoms in total. The number of hydrogen-bond acceptors (Lipinski definition) is 2. The second kappa shape index (κ2) is 5.06. The first-order chi connectivity index (χ1) is 9.92. The minimum atomic E-state index is 0.501. The molecular formula is C17H21N3. The van der Waals surface area contributed by atoms with Gasteiger partial charge in [-0.15, -0.1) is 0 Å². The molecule has 2 aliphatic rings. The van der Waals surface area contributed by atoms with Crippen LogP contribution >= 0.6 is 0 Å². The Hall–Kier alpha value is -1.61. The van der Waals surface area contributed by atoms with Crippen molar-refractivity contribution in [1.82, 2.24) is 14.9 Å². The number of piperidine rings is 1. The van der Waals surface area contributed by atoms with Crippen molar-refractivity contribution in [2.75, 3.05) is 6.54 Å². The second-order valence-electron chi connectivity index (χ2n) is 6.07. The van der Waals surface area contributed by atoms with Crippen LogP contribution in [0.2, 0.25) is 0 Å². The first kappa shape index (κ1) is 12.2. The average Bonchev–Trinajstić information content (AvgIpc) is 2.94. The van der Waals surface area contributed by atoms with Crippen LogP contribution < -0.4 is 5.32 Å². The quantitative estimate of drug-likeness (QED) is 0.926. The lowest BCUT2D eigenvalue weighted by Gasteiger charge is -2.32. The maximum atomic E-state index is 4.39. The molecule has 4 rings (SSSR count). The molecule has 2 heterocycles. The van der Waals surface area contributed by atoms with Crippen LogP contribution in [0.1, 0.15) is 48.0 Å². The highest BCUT2D eigenvalue weighted by molar-refractivity contribution is 5.39. The van der Waals surface area contributed by atoms with Gasteiger partial charge in [-0.1, -0.05) is 30.7 Å². The number of aromatic nitrogens is 2. The summed E-state index contributed by atoms with van der Waals surface area (Å²) >= 11 is 0. The zero-order valence-electron chi connectivity index (χ0n) is 11.8. The fraction of sp³-hybridized carbons (Fsp3) is 0.471. The van der Waals surface area contributed by atoms with Gasteiger partial charge in [-0.3, -0.25) is 0 Å². The van der Waals surface area contributed by atoms with Crippen LogP contribution in [-0.4, -0.2) is 16.1 Å². The molecule has 1 aliphatic heterocycles. The van der Waals surface area contributed by atoms with Gasteiger partial charge in [0, 0.05) is 24.7 Å². The monoisotopic (exact) mass is 267 g/mol. The van der Waals surface area contributed by atoms with Gasteiger partial charge in [0.1, 0.15) is 0 Å². The zero-order chi connectivity index (χ0) is 13.4. The zero-order valence-corrected chi connectivity index (χ0v) is 11.8. The van der Waals surface area contributed by atoms with Crippen molar-refractivity contribution in [3.63, 3.8) is 0 Å². The number of nitrogens with zero attached hydrogens (tertiary/aromatic N) is 2. The topological polar surface area (TPSA) is 29.9 Å². The van der Waals surface area contributed by atoms with Crippen LogP contribution in [0.4, 0.5) is 0 Å². The van der Waals surface area contributed by atoms with Gasteiger partial charge in [0.15, 0.2) is 0 Å². The first-order valence-electron chi connectivity index (χ1n) is 7.73. The third-order valence-corrected chi connectivity index (χ3v) is 4.79. The highest BCUT2D eigenvalue weighted by Crippen LogP contribution is 2.36. The summed E-state index contributed by atoms with van der Waals surface area (Å²) in [6.45, 7) is 2.21. The van der Waals surface area contributed by atoms with Gasteiger partial charge >= 0.3 is 0 Å². The Bertz CT molecular complexity index is 596. The lowest BCUT2D eigenvalue weighted by Crippen LogP contribution is -2.30. The molecule has 0 amide bonds. The van der Waals surface area contributed by atoms with Crippen LogP contribution in [0.3, 0.4) is 0 Å². The Morgan fingerprint density at radius 2 is 2.20 bits per heavy atom. The van der Waals surface area contributed by atoms with Crippen molar-refractivity contribution in [2.45, 2.75) is 44.2 Å². The highest BCUT2D eigenvalue weighted by atomic mass is 15.1. The van der Waals surface area contributed by atoms with Crippen molar-refractivity contribution in [2.24, 2.45) is 0 Å². The summed E-state index contributed by atoms with van der Waals surface area (Å²) in [5.74, 6) is 0.669. The second-order valence-corrected chi connectivity index (χ2v) is 6.07. The number of imidazole rings is 1. The molecule has 0 saturated carbocycles. The Kier molecular flexibility index (Phi) is 3.07. The Balaban J connectivity index is 1.52. The van der Waals surface area contributed by atoms with Crippen molar-refractivity contribution < 1.29 is 0 Å². The lowest BCUT2D eigenvalue weighted by atomic mass is 9.77. The van der Waals surface area contributed by atoms with Crippen LogP contribution in [0, 0.1) is 0 Å². The molecule has 2 aromatic rings. The summed E-state index contributed by atoms with van der Waals surface area (Å²) in [6, 6.07) is 9.33. The van der Waals surface area contributed by atoms with Gasteiger partial charge in [-0.25, -0.2) is 4.98 Å². The maximum absolute atomic E-state index is 4.39. The Morgan fingerprint density at radius 1 is 1.25 bits per heavy atom. The predicted octanol–water partition coefficient (Wildman–Crippen LogP) is 3.04. The van der Waals surface area contributed by atoms with Gasteiger partial charge in [-0.2, -0.15) is 0 Å². The first-order valence-corrected chi connectivity index (χ1v) is 7.73. The molecule has 1 aromatic heterocycles. The Morgan fingerprint density at radius 3 is 3.05 bits per heavy atom. The minimum Gasteiger partial charge on any atom is -0.333 e. The van der Waals surface area contributed by atoms with Gasteiger partial charge in [-0.05, 0) is 36.9 Å². The van der Waals surface area contributed by atoms with Crippen LogP contribution in [0.15, 0.2) is 36.8 Å². The van der Waals surface area contributed by atoms with E-state index in [4.69, 9.17) is 0 Å². The van der Waals surface area contributed by atoms with Gasteiger partial charge < -0.3 is 9.88 Å². The summed E-state index contributed by atoms with van der Waals surface area (Å²) in [6.07, 6.45) is 9.15. The van der Waals surface area contributed by atoms with E-state index in [1.165, 1.54) is 42.5 Å². The number of hydrogen-bond donors (Lipinski definition) is 1. The van der Waals surface area contributed by atoms with E-state index in [-0.39, 0.29) is 0 Å². The molecule has 0 spiro atoms. The van der Waals surface area contributed by atoms with Crippen molar-refractivity contribution in [3.8, 4) is 0 Å². The smallest absolute Gasteiger partial charge is 0.0948 e.